The predicted molar refractivity (Wildman–Crippen MR) is 83.2 cm³/mol. The Bertz CT molecular complexity index is 528. The number of amides is 2. The largest absolute Gasteiger partial charge is 0.355 e. The van der Waals surface area contributed by atoms with E-state index in [0.717, 1.165) is 17.8 Å². The van der Waals surface area contributed by atoms with Crippen molar-refractivity contribution in [2.45, 2.75) is 13.3 Å². The van der Waals surface area contributed by atoms with Crippen molar-refractivity contribution in [3.8, 4) is 0 Å². The van der Waals surface area contributed by atoms with Crippen LogP contribution < -0.4 is 10.2 Å². The summed E-state index contributed by atoms with van der Waals surface area (Å²) in [5.41, 5.74) is 1.99. The minimum atomic E-state index is -0.250. The molecule has 1 fully saturated rings. The highest BCUT2D eigenvalue weighted by atomic mass is 16.2. The zero-order valence-electron chi connectivity index (χ0n) is 12.9. The summed E-state index contributed by atoms with van der Waals surface area (Å²) in [6.07, 6.45) is 0.293. The average molecular weight is 289 g/mol. The standard InChI is InChI=1S/C16H23N3O2/c1-12-5-4-6-14(9-12)19-11-13(10-15(19)20)16(21)17-7-8-18(2)3/h4-6,9,13H,7-8,10-11H2,1-3H3,(H,17,21)/t13-/m1/s1. The molecule has 0 aromatic heterocycles. The van der Waals surface area contributed by atoms with E-state index in [9.17, 15) is 9.59 Å². The third-order valence-corrected chi connectivity index (χ3v) is 3.67. The van der Waals surface area contributed by atoms with Gasteiger partial charge in [0.2, 0.25) is 11.8 Å². The second kappa shape index (κ2) is 6.72. The maximum atomic E-state index is 12.1. The van der Waals surface area contributed by atoms with Crippen LogP contribution in [0.4, 0.5) is 5.69 Å². The lowest BCUT2D eigenvalue weighted by Gasteiger charge is -2.17. The number of likely N-dealkylation sites (N-methyl/N-ethyl adjacent to an activating group) is 1. The van der Waals surface area contributed by atoms with Crippen molar-refractivity contribution in [2.24, 2.45) is 5.92 Å². The summed E-state index contributed by atoms with van der Waals surface area (Å²) < 4.78 is 0. The number of nitrogens with zero attached hydrogens (tertiary/aromatic N) is 2. The highest BCUT2D eigenvalue weighted by molar-refractivity contribution is 6.00. The van der Waals surface area contributed by atoms with Gasteiger partial charge in [-0.25, -0.2) is 0 Å². The molecule has 5 nitrogen and oxygen atoms in total. The third-order valence-electron chi connectivity index (χ3n) is 3.67. The number of carbonyl (C=O) groups excluding carboxylic acids is 2. The van der Waals surface area contributed by atoms with Crippen molar-refractivity contribution >= 4 is 17.5 Å². The van der Waals surface area contributed by atoms with Crippen molar-refractivity contribution < 1.29 is 9.59 Å². The zero-order valence-corrected chi connectivity index (χ0v) is 12.9. The molecule has 1 atom stereocenters. The minimum absolute atomic E-state index is 0.0216. The van der Waals surface area contributed by atoms with E-state index in [0.29, 0.717) is 19.5 Å². The molecule has 1 aromatic rings. The molecule has 0 saturated carbocycles. The number of nitrogens with one attached hydrogen (secondary N) is 1. The smallest absolute Gasteiger partial charge is 0.227 e. The molecule has 1 heterocycles. The summed E-state index contributed by atoms with van der Waals surface area (Å²) in [5.74, 6) is -0.256. The highest BCUT2D eigenvalue weighted by Gasteiger charge is 2.34. The second-order valence-electron chi connectivity index (χ2n) is 5.84. The SMILES string of the molecule is Cc1cccc(N2C[C@H](C(=O)NCCN(C)C)CC2=O)c1. The zero-order chi connectivity index (χ0) is 15.4. The molecular formula is C16H23N3O2. The molecule has 5 heteroatoms. The normalized spacial score (nSPS) is 18.4. The molecule has 0 radical (unpaired) electrons. The lowest BCUT2D eigenvalue weighted by molar-refractivity contribution is -0.126. The first-order valence-corrected chi connectivity index (χ1v) is 7.27. The number of hydrogen-bond donors (Lipinski definition) is 1. The van der Waals surface area contributed by atoms with Gasteiger partial charge in [-0.2, -0.15) is 0 Å². The summed E-state index contributed by atoms with van der Waals surface area (Å²) in [4.78, 5) is 28.0. The second-order valence-corrected chi connectivity index (χ2v) is 5.84. The summed E-state index contributed by atoms with van der Waals surface area (Å²) in [5, 5.41) is 2.90. The molecule has 0 aliphatic carbocycles. The lowest BCUT2D eigenvalue weighted by atomic mass is 10.1. The van der Waals surface area contributed by atoms with Gasteiger partial charge in [-0.3, -0.25) is 9.59 Å². The first kappa shape index (κ1) is 15.5. The first-order valence-electron chi connectivity index (χ1n) is 7.27. The Labute approximate surface area is 125 Å². The van der Waals surface area contributed by atoms with Gasteiger partial charge in [0.15, 0.2) is 0 Å². The van der Waals surface area contributed by atoms with Crippen LogP contribution in [0.1, 0.15) is 12.0 Å². The molecule has 0 unspecified atom stereocenters. The Kier molecular flexibility index (Phi) is 4.96. The number of carbonyl (C=O) groups is 2. The Morgan fingerprint density at radius 1 is 1.43 bits per heavy atom. The van der Waals surface area contributed by atoms with E-state index in [4.69, 9.17) is 0 Å². The molecule has 2 amide bonds. The maximum Gasteiger partial charge on any atom is 0.227 e. The first-order chi connectivity index (χ1) is 9.97. The van der Waals surface area contributed by atoms with E-state index in [2.05, 4.69) is 5.32 Å². The van der Waals surface area contributed by atoms with Gasteiger partial charge in [0, 0.05) is 31.7 Å². The maximum absolute atomic E-state index is 12.1. The van der Waals surface area contributed by atoms with Gasteiger partial charge in [0.05, 0.1) is 5.92 Å². The van der Waals surface area contributed by atoms with Crippen LogP contribution in [0, 0.1) is 12.8 Å². The van der Waals surface area contributed by atoms with Gasteiger partial charge in [-0.05, 0) is 38.7 Å². The molecular weight excluding hydrogens is 266 g/mol. The number of aryl methyl sites for hydroxylation is 1. The van der Waals surface area contributed by atoms with Crippen LogP contribution in [0.25, 0.3) is 0 Å². The highest BCUT2D eigenvalue weighted by Crippen LogP contribution is 2.25. The van der Waals surface area contributed by atoms with Gasteiger partial charge in [0.1, 0.15) is 0 Å². The van der Waals surface area contributed by atoms with Crippen molar-refractivity contribution in [2.75, 3.05) is 38.6 Å². The van der Waals surface area contributed by atoms with Gasteiger partial charge >= 0.3 is 0 Å². The van der Waals surface area contributed by atoms with Crippen LogP contribution in [0.15, 0.2) is 24.3 Å². The molecule has 2 rings (SSSR count). The molecule has 1 saturated heterocycles. The topological polar surface area (TPSA) is 52.7 Å². The van der Waals surface area contributed by atoms with Crippen LogP contribution in [0.3, 0.4) is 0 Å². The molecule has 0 spiro atoms. The van der Waals surface area contributed by atoms with Crippen molar-refractivity contribution in [3.05, 3.63) is 29.8 Å². The Balaban J connectivity index is 1.94. The van der Waals surface area contributed by atoms with Crippen LogP contribution in [-0.4, -0.2) is 50.4 Å². The number of benzene rings is 1. The summed E-state index contributed by atoms with van der Waals surface area (Å²) in [6, 6.07) is 7.82. The van der Waals surface area contributed by atoms with Crippen LogP contribution in [0.2, 0.25) is 0 Å². The van der Waals surface area contributed by atoms with E-state index in [-0.39, 0.29) is 17.7 Å². The van der Waals surface area contributed by atoms with E-state index in [1.165, 1.54) is 0 Å². The van der Waals surface area contributed by atoms with Crippen molar-refractivity contribution in [1.29, 1.82) is 0 Å². The minimum Gasteiger partial charge on any atom is -0.355 e. The molecule has 1 aliphatic rings. The molecule has 21 heavy (non-hydrogen) atoms. The van der Waals surface area contributed by atoms with E-state index in [1.807, 2.05) is 50.2 Å². The quantitative estimate of drug-likeness (QED) is 0.881. The van der Waals surface area contributed by atoms with Gasteiger partial charge < -0.3 is 15.1 Å². The molecule has 1 aromatic carbocycles. The fraction of sp³-hybridized carbons (Fsp3) is 0.500. The molecule has 1 N–H and O–H groups in total. The van der Waals surface area contributed by atoms with Gasteiger partial charge in [-0.15, -0.1) is 0 Å². The molecule has 0 bridgehead atoms. The Hall–Kier alpha value is -1.88. The summed E-state index contributed by atoms with van der Waals surface area (Å²) in [7, 11) is 3.93. The fourth-order valence-electron chi connectivity index (χ4n) is 2.48. The van der Waals surface area contributed by atoms with Crippen LogP contribution >= 0.6 is 0 Å². The Morgan fingerprint density at radius 3 is 2.86 bits per heavy atom. The van der Waals surface area contributed by atoms with Crippen LogP contribution in [0.5, 0.6) is 0 Å². The van der Waals surface area contributed by atoms with E-state index < -0.39 is 0 Å². The van der Waals surface area contributed by atoms with E-state index in [1.54, 1.807) is 4.90 Å². The van der Waals surface area contributed by atoms with Gasteiger partial charge in [0.25, 0.3) is 0 Å². The average Bonchev–Trinajstić information content (AvgIpc) is 2.80. The monoisotopic (exact) mass is 289 g/mol. The van der Waals surface area contributed by atoms with E-state index >= 15 is 0 Å². The van der Waals surface area contributed by atoms with Crippen LogP contribution in [-0.2, 0) is 9.59 Å². The number of anilines is 1. The summed E-state index contributed by atoms with van der Waals surface area (Å²) >= 11 is 0. The Morgan fingerprint density at radius 2 is 2.19 bits per heavy atom. The van der Waals surface area contributed by atoms with Crippen molar-refractivity contribution in [1.82, 2.24) is 10.2 Å². The van der Waals surface area contributed by atoms with Crippen molar-refractivity contribution in [3.63, 3.8) is 0 Å². The summed E-state index contributed by atoms with van der Waals surface area (Å²) in [6.45, 7) is 3.88. The number of hydrogen-bond acceptors (Lipinski definition) is 3. The molecule has 114 valence electrons. The fourth-order valence-corrected chi connectivity index (χ4v) is 2.48. The predicted octanol–water partition coefficient (Wildman–Crippen LogP) is 1.03. The third kappa shape index (κ3) is 4.04. The number of rotatable bonds is 5. The molecule has 1 aliphatic heterocycles. The lowest BCUT2D eigenvalue weighted by Crippen LogP contribution is -2.36. The van der Waals surface area contributed by atoms with Gasteiger partial charge in [-0.1, -0.05) is 12.1 Å².